The standard InChI is InChI=1S/C35H40F3N9O3/c1-23(18-45(2)21-35(36,37)38)33(48)43-27-4-3-11-46(20-27)19-24-9-10-39-30(16-24)34(49)42-26-7-5-25(6-8-26)29-17-28-31(44-29)40-22-41-32(28)47-12-14-50-15-13-47/h5-10,16-17,22,27H,1,3-4,11-15,18-21H2,2H3,(H,42,49)(H,43,48)(H,40,41,44)/t27-/m1/s1. The molecule has 2 saturated heterocycles. The first-order valence-corrected chi connectivity index (χ1v) is 16.5. The van der Waals surface area contributed by atoms with Crippen molar-refractivity contribution in [1.82, 2.24) is 35.1 Å². The number of pyridine rings is 1. The predicted octanol–water partition coefficient (Wildman–Crippen LogP) is 4.24. The van der Waals surface area contributed by atoms with E-state index in [0.717, 1.165) is 71.0 Å². The molecule has 1 atom stereocenters. The highest BCUT2D eigenvalue weighted by Crippen LogP contribution is 2.30. The maximum atomic E-state index is 13.2. The van der Waals surface area contributed by atoms with Gasteiger partial charge in [-0.25, -0.2) is 9.97 Å². The molecule has 5 heterocycles. The van der Waals surface area contributed by atoms with Gasteiger partial charge in [-0.05, 0) is 67.9 Å². The Balaban J connectivity index is 1.02. The summed E-state index contributed by atoms with van der Waals surface area (Å²) in [6, 6.07) is 13.0. The number of amides is 2. The third-order valence-electron chi connectivity index (χ3n) is 8.70. The van der Waals surface area contributed by atoms with E-state index in [1.807, 2.05) is 36.4 Å². The van der Waals surface area contributed by atoms with Gasteiger partial charge in [-0.2, -0.15) is 13.2 Å². The lowest BCUT2D eigenvalue weighted by molar-refractivity contribution is -0.142. The number of alkyl halides is 3. The van der Waals surface area contributed by atoms with Crippen molar-refractivity contribution in [3.05, 3.63) is 78.4 Å². The Morgan fingerprint density at radius 2 is 1.86 bits per heavy atom. The predicted molar refractivity (Wildman–Crippen MR) is 184 cm³/mol. The maximum Gasteiger partial charge on any atom is 0.401 e. The van der Waals surface area contributed by atoms with Gasteiger partial charge in [0.15, 0.2) is 0 Å². The molecule has 1 aromatic carbocycles. The fraction of sp³-hybridized carbons (Fsp3) is 0.400. The Hall–Kier alpha value is -4.86. The molecule has 264 valence electrons. The summed E-state index contributed by atoms with van der Waals surface area (Å²) in [5.74, 6) is 0.0888. The number of aromatic amines is 1. The van der Waals surface area contributed by atoms with E-state index in [4.69, 9.17) is 4.74 Å². The molecule has 0 radical (unpaired) electrons. The molecule has 50 heavy (non-hydrogen) atoms. The summed E-state index contributed by atoms with van der Waals surface area (Å²) in [5.41, 5.74) is 4.45. The largest absolute Gasteiger partial charge is 0.401 e. The van der Waals surface area contributed by atoms with E-state index in [9.17, 15) is 22.8 Å². The number of rotatable bonds is 11. The second-order valence-corrected chi connectivity index (χ2v) is 12.8. The topological polar surface area (TPSA) is 132 Å². The first-order valence-electron chi connectivity index (χ1n) is 16.5. The zero-order valence-corrected chi connectivity index (χ0v) is 27.8. The number of nitrogens with zero attached hydrogens (tertiary/aromatic N) is 6. The van der Waals surface area contributed by atoms with Gasteiger partial charge in [0.25, 0.3) is 5.91 Å². The summed E-state index contributed by atoms with van der Waals surface area (Å²) in [7, 11) is 1.30. The smallest absolute Gasteiger partial charge is 0.378 e. The Kier molecular flexibility index (Phi) is 10.7. The summed E-state index contributed by atoms with van der Waals surface area (Å²) in [5, 5.41) is 6.78. The lowest BCUT2D eigenvalue weighted by Gasteiger charge is -2.33. The molecule has 0 spiro atoms. The van der Waals surface area contributed by atoms with Crippen molar-refractivity contribution in [2.75, 3.05) is 69.7 Å². The van der Waals surface area contributed by atoms with Crippen LogP contribution in [0.1, 0.15) is 28.9 Å². The van der Waals surface area contributed by atoms with Gasteiger partial charge < -0.3 is 25.3 Å². The van der Waals surface area contributed by atoms with Crippen LogP contribution in [0.5, 0.6) is 0 Å². The van der Waals surface area contributed by atoms with Crippen molar-refractivity contribution < 1.29 is 27.5 Å². The number of aromatic nitrogens is 4. The first-order chi connectivity index (χ1) is 24.0. The van der Waals surface area contributed by atoms with E-state index in [-0.39, 0.29) is 29.8 Å². The van der Waals surface area contributed by atoms with Crippen molar-refractivity contribution in [3.63, 3.8) is 0 Å². The molecule has 2 fully saturated rings. The summed E-state index contributed by atoms with van der Waals surface area (Å²) in [4.78, 5) is 47.8. The normalized spacial score (nSPS) is 17.2. The van der Waals surface area contributed by atoms with Gasteiger partial charge in [0, 0.05) is 61.9 Å². The minimum absolute atomic E-state index is 0.0825. The molecule has 0 saturated carbocycles. The van der Waals surface area contributed by atoms with Crippen LogP contribution < -0.4 is 15.5 Å². The lowest BCUT2D eigenvalue weighted by Crippen LogP contribution is -2.48. The van der Waals surface area contributed by atoms with Crippen LogP contribution in [0.3, 0.4) is 0 Å². The van der Waals surface area contributed by atoms with Crippen molar-refractivity contribution >= 4 is 34.4 Å². The number of morpholine rings is 1. The van der Waals surface area contributed by atoms with Crippen LogP contribution in [0, 0.1) is 0 Å². The van der Waals surface area contributed by atoms with Gasteiger partial charge >= 0.3 is 6.18 Å². The van der Waals surface area contributed by atoms with Crippen LogP contribution in [0.2, 0.25) is 0 Å². The van der Waals surface area contributed by atoms with Gasteiger partial charge in [0.2, 0.25) is 5.91 Å². The Morgan fingerprint density at radius 1 is 1.08 bits per heavy atom. The molecular weight excluding hydrogens is 651 g/mol. The molecule has 2 amide bonds. The number of fused-ring (bicyclic) bond motifs is 1. The molecule has 15 heteroatoms. The second-order valence-electron chi connectivity index (χ2n) is 12.8. The van der Waals surface area contributed by atoms with E-state index >= 15 is 0 Å². The number of halogens is 3. The number of ether oxygens (including phenoxy) is 1. The number of carbonyl (C=O) groups excluding carboxylic acids is 2. The van der Waals surface area contributed by atoms with E-state index in [0.29, 0.717) is 32.0 Å². The van der Waals surface area contributed by atoms with Crippen LogP contribution in [0.15, 0.2) is 67.1 Å². The number of H-pyrrole nitrogens is 1. The third kappa shape index (κ3) is 9.02. The van der Waals surface area contributed by atoms with Crippen LogP contribution in [0.25, 0.3) is 22.3 Å². The van der Waals surface area contributed by atoms with Gasteiger partial charge in [-0.3, -0.25) is 24.4 Å². The van der Waals surface area contributed by atoms with E-state index in [1.54, 1.807) is 18.6 Å². The fourth-order valence-electron chi connectivity index (χ4n) is 6.36. The van der Waals surface area contributed by atoms with Crippen molar-refractivity contribution in [3.8, 4) is 11.3 Å². The Bertz CT molecular complexity index is 1820. The number of nitrogens with one attached hydrogen (secondary N) is 3. The van der Waals surface area contributed by atoms with Gasteiger partial charge in [-0.15, -0.1) is 0 Å². The number of likely N-dealkylation sites (N-methyl/N-ethyl adjacent to an activating group) is 1. The van der Waals surface area contributed by atoms with E-state index in [2.05, 4.69) is 46.9 Å². The summed E-state index contributed by atoms with van der Waals surface area (Å²) in [6.07, 6.45) is 0.398. The second kappa shape index (κ2) is 15.4. The number of likely N-dealkylation sites (tertiary alicyclic amines) is 1. The summed E-state index contributed by atoms with van der Waals surface area (Å²) in [6.45, 7) is 7.16. The minimum atomic E-state index is -4.35. The zero-order valence-electron chi connectivity index (χ0n) is 27.8. The maximum absolute atomic E-state index is 13.2. The molecule has 6 rings (SSSR count). The Labute approximate surface area is 287 Å². The monoisotopic (exact) mass is 691 g/mol. The fourth-order valence-corrected chi connectivity index (χ4v) is 6.36. The number of anilines is 2. The number of piperidine rings is 1. The summed E-state index contributed by atoms with van der Waals surface area (Å²) >= 11 is 0. The van der Waals surface area contributed by atoms with Gasteiger partial charge in [0.05, 0.1) is 25.1 Å². The van der Waals surface area contributed by atoms with E-state index in [1.165, 1.54) is 7.05 Å². The number of benzene rings is 1. The molecule has 3 N–H and O–H groups in total. The van der Waals surface area contributed by atoms with Crippen molar-refractivity contribution in [2.24, 2.45) is 0 Å². The van der Waals surface area contributed by atoms with Crippen LogP contribution in [-0.2, 0) is 16.1 Å². The van der Waals surface area contributed by atoms with Crippen molar-refractivity contribution in [1.29, 1.82) is 0 Å². The van der Waals surface area contributed by atoms with Crippen molar-refractivity contribution in [2.45, 2.75) is 31.6 Å². The third-order valence-corrected chi connectivity index (χ3v) is 8.70. The highest BCUT2D eigenvalue weighted by Gasteiger charge is 2.30. The van der Waals surface area contributed by atoms with Crippen LogP contribution >= 0.6 is 0 Å². The summed E-state index contributed by atoms with van der Waals surface area (Å²) < 4.78 is 43.5. The molecule has 2 aliphatic heterocycles. The molecule has 0 unspecified atom stereocenters. The highest BCUT2D eigenvalue weighted by molar-refractivity contribution is 6.03. The molecule has 3 aromatic heterocycles. The number of hydrogen-bond donors (Lipinski definition) is 3. The number of carbonyl (C=O) groups is 2. The minimum Gasteiger partial charge on any atom is -0.378 e. The van der Waals surface area contributed by atoms with Crippen LogP contribution in [0.4, 0.5) is 24.7 Å². The van der Waals surface area contributed by atoms with E-state index < -0.39 is 18.6 Å². The average Bonchev–Trinajstić information content (AvgIpc) is 3.53. The highest BCUT2D eigenvalue weighted by atomic mass is 19.4. The molecular formula is C35H40F3N9O3. The SMILES string of the molecule is C=C(CN(C)CC(F)(F)F)C(=O)N[C@@H]1CCCN(Cc2ccnc(C(=O)Nc3ccc(-c4cc5c(N6CCOCC6)ncnc5[nH]4)cc3)c2)C1. The Morgan fingerprint density at radius 3 is 2.62 bits per heavy atom. The first kappa shape index (κ1) is 35.0. The molecule has 2 aliphatic rings. The molecule has 12 nitrogen and oxygen atoms in total. The molecule has 4 aromatic rings. The number of hydrogen-bond acceptors (Lipinski definition) is 9. The quantitative estimate of drug-likeness (QED) is 0.198. The lowest BCUT2D eigenvalue weighted by atomic mass is 10.0. The van der Waals surface area contributed by atoms with Gasteiger partial charge in [0.1, 0.15) is 23.5 Å². The molecule has 0 bridgehead atoms. The average molecular weight is 692 g/mol. The molecule has 0 aliphatic carbocycles. The van der Waals surface area contributed by atoms with Crippen LogP contribution in [-0.4, -0.2) is 113 Å². The van der Waals surface area contributed by atoms with Gasteiger partial charge in [-0.1, -0.05) is 18.7 Å². The zero-order chi connectivity index (χ0) is 35.3.